The van der Waals surface area contributed by atoms with Gasteiger partial charge in [-0.3, -0.25) is 9.59 Å². The Morgan fingerprint density at radius 2 is 1.84 bits per heavy atom. The molecule has 0 saturated carbocycles. The number of carbonyl (C=O) groups excluding carboxylic acids is 2. The first-order valence-electron chi connectivity index (χ1n) is 6.66. The zero-order chi connectivity index (χ0) is 15.0. The summed E-state index contributed by atoms with van der Waals surface area (Å²) in [5, 5.41) is 1.13. The van der Waals surface area contributed by atoms with Gasteiger partial charge in [-0.15, -0.1) is 0 Å². The average molecular weight is 287 g/mol. The van der Waals surface area contributed by atoms with E-state index in [9.17, 15) is 9.59 Å². The van der Waals surface area contributed by atoms with Crippen molar-refractivity contribution >= 4 is 20.9 Å². The van der Waals surface area contributed by atoms with Crippen molar-refractivity contribution in [3.8, 4) is 0 Å². The van der Waals surface area contributed by atoms with E-state index in [4.69, 9.17) is 9.26 Å². The van der Waals surface area contributed by atoms with Gasteiger partial charge in [-0.25, -0.2) is 0 Å². The molecule has 1 aliphatic rings. The number of nitrogens with zero attached hydrogens (tertiary/aromatic N) is 1. The van der Waals surface area contributed by atoms with Crippen LogP contribution in [0.3, 0.4) is 0 Å². The molecule has 0 unspecified atom stereocenters. The molecule has 0 aromatic heterocycles. The summed E-state index contributed by atoms with van der Waals surface area (Å²) in [4.78, 5) is 27.9. The van der Waals surface area contributed by atoms with E-state index in [1.807, 2.05) is 6.92 Å². The first-order chi connectivity index (χ1) is 8.49. The molecule has 2 atom stereocenters. The van der Waals surface area contributed by atoms with Crippen LogP contribution >= 0.6 is 0 Å². The number of carbonyl (C=O) groups is 2. The smallest absolute Gasteiger partial charge is 0.329 e. The third-order valence-electron chi connectivity index (χ3n) is 3.77. The highest BCUT2D eigenvalue weighted by Gasteiger charge is 2.56. The lowest BCUT2D eigenvalue weighted by Gasteiger charge is -2.53. The van der Waals surface area contributed by atoms with Crippen LogP contribution in [0.5, 0.6) is 0 Å². The first-order valence-corrected chi connectivity index (χ1v) is 9.45. The molecule has 1 aliphatic heterocycles. The van der Waals surface area contributed by atoms with E-state index in [2.05, 4.69) is 33.9 Å². The van der Waals surface area contributed by atoms with Crippen LogP contribution < -0.4 is 0 Å². The molecular weight excluding hydrogens is 262 g/mol. The number of rotatable bonds is 4. The van der Waals surface area contributed by atoms with Crippen molar-refractivity contribution in [1.82, 2.24) is 5.06 Å². The Morgan fingerprint density at radius 3 is 2.16 bits per heavy atom. The molecule has 0 bridgehead atoms. The molecule has 110 valence electrons. The number of hydrogen-bond donors (Lipinski definition) is 0. The lowest BCUT2D eigenvalue weighted by atomic mass is 9.67. The average Bonchev–Trinajstić information content (AvgIpc) is 2.20. The monoisotopic (exact) mass is 287 g/mol. The third kappa shape index (κ3) is 3.17. The molecule has 1 amide bonds. The van der Waals surface area contributed by atoms with E-state index in [-0.39, 0.29) is 17.2 Å². The highest BCUT2D eigenvalue weighted by atomic mass is 28.3. The van der Waals surface area contributed by atoms with Crippen molar-refractivity contribution in [2.75, 3.05) is 6.54 Å². The van der Waals surface area contributed by atoms with Crippen molar-refractivity contribution < 1.29 is 18.9 Å². The summed E-state index contributed by atoms with van der Waals surface area (Å²) >= 11 is 0. The van der Waals surface area contributed by atoms with Crippen molar-refractivity contribution in [2.24, 2.45) is 11.3 Å². The molecule has 0 aromatic rings. The van der Waals surface area contributed by atoms with Gasteiger partial charge < -0.3 is 9.26 Å². The molecule has 1 rings (SSSR count). The van der Waals surface area contributed by atoms with Crippen molar-refractivity contribution in [1.29, 1.82) is 0 Å². The molecule has 0 aliphatic carbocycles. The SMILES string of the molecule is CC(=O)ON1C[C@H]([C@@](C)(O[SiH](C)C)C(C)(C)C)C1=O. The van der Waals surface area contributed by atoms with Gasteiger partial charge in [0.05, 0.1) is 18.1 Å². The van der Waals surface area contributed by atoms with Crippen LogP contribution in [0.1, 0.15) is 34.6 Å². The van der Waals surface area contributed by atoms with Crippen LogP contribution in [0, 0.1) is 11.3 Å². The zero-order valence-electron chi connectivity index (χ0n) is 12.9. The van der Waals surface area contributed by atoms with Crippen LogP contribution in [0.2, 0.25) is 13.1 Å². The van der Waals surface area contributed by atoms with Crippen molar-refractivity contribution in [3.05, 3.63) is 0 Å². The molecule has 0 aromatic carbocycles. The van der Waals surface area contributed by atoms with Crippen LogP contribution in [0.15, 0.2) is 0 Å². The maximum Gasteiger partial charge on any atom is 0.329 e. The summed E-state index contributed by atoms with van der Waals surface area (Å²) in [6.07, 6.45) is 0. The van der Waals surface area contributed by atoms with E-state index in [1.165, 1.54) is 6.92 Å². The Balaban J connectivity index is 2.86. The molecule has 1 saturated heterocycles. The minimum absolute atomic E-state index is 0.160. The fourth-order valence-electron chi connectivity index (χ4n) is 2.31. The largest absolute Gasteiger partial charge is 0.414 e. The van der Waals surface area contributed by atoms with Crippen LogP contribution in [-0.2, 0) is 18.9 Å². The zero-order valence-corrected chi connectivity index (χ0v) is 14.1. The number of β-lactam (4-membered cyclic amide) rings is 1. The first kappa shape index (κ1) is 16.2. The fraction of sp³-hybridized carbons (Fsp3) is 0.846. The predicted molar refractivity (Wildman–Crippen MR) is 74.8 cm³/mol. The van der Waals surface area contributed by atoms with E-state index in [0.29, 0.717) is 6.54 Å². The van der Waals surface area contributed by atoms with Crippen molar-refractivity contribution in [2.45, 2.75) is 53.3 Å². The molecule has 5 nitrogen and oxygen atoms in total. The second-order valence-corrected chi connectivity index (χ2v) is 8.89. The summed E-state index contributed by atoms with van der Waals surface area (Å²) in [6.45, 7) is 14.1. The molecule has 6 heteroatoms. The van der Waals surface area contributed by atoms with Crippen LogP contribution in [0.4, 0.5) is 0 Å². The minimum Gasteiger partial charge on any atom is -0.414 e. The standard InChI is InChI=1S/C13H25NO4Si/c1-9(15)17-14-8-10(11(14)16)13(5,12(2,3)4)18-19(6)7/h10,19H,8H2,1-7H3/t10-,13+/m0/s1. The quantitative estimate of drug-likeness (QED) is 0.583. The molecule has 19 heavy (non-hydrogen) atoms. The van der Waals surface area contributed by atoms with Crippen LogP contribution in [0.25, 0.3) is 0 Å². The summed E-state index contributed by atoms with van der Waals surface area (Å²) in [5.41, 5.74) is -0.686. The van der Waals surface area contributed by atoms with Gasteiger partial charge >= 0.3 is 5.97 Å². The second kappa shape index (κ2) is 5.24. The Labute approximate surface area is 116 Å². The van der Waals surface area contributed by atoms with Gasteiger partial charge in [-0.05, 0) is 25.4 Å². The molecule has 0 radical (unpaired) electrons. The fourth-order valence-corrected chi connectivity index (χ4v) is 3.81. The maximum atomic E-state index is 12.2. The highest BCUT2D eigenvalue weighted by molar-refractivity contribution is 6.48. The molecule has 0 spiro atoms. The normalized spacial score (nSPS) is 23.1. The Hall–Kier alpha value is -0.883. The Morgan fingerprint density at radius 1 is 1.32 bits per heavy atom. The summed E-state index contributed by atoms with van der Waals surface area (Å²) in [6, 6.07) is 0. The summed E-state index contributed by atoms with van der Waals surface area (Å²) in [5.74, 6) is -0.882. The minimum atomic E-state index is -1.29. The number of hydroxylamine groups is 2. The summed E-state index contributed by atoms with van der Waals surface area (Å²) < 4.78 is 6.18. The molecule has 0 N–H and O–H groups in total. The van der Waals surface area contributed by atoms with E-state index < -0.39 is 20.6 Å². The van der Waals surface area contributed by atoms with Gasteiger partial charge in [0.15, 0.2) is 9.04 Å². The van der Waals surface area contributed by atoms with Gasteiger partial charge in [0.1, 0.15) is 0 Å². The Bertz CT molecular complexity index is 377. The second-order valence-electron chi connectivity index (χ2n) is 6.56. The number of hydrogen-bond acceptors (Lipinski definition) is 4. The molecular formula is C13H25NO4Si. The van der Waals surface area contributed by atoms with Gasteiger partial charge in [-0.2, -0.15) is 5.06 Å². The van der Waals surface area contributed by atoms with E-state index >= 15 is 0 Å². The molecule has 1 heterocycles. The third-order valence-corrected chi connectivity index (χ3v) is 4.73. The van der Waals surface area contributed by atoms with Crippen molar-refractivity contribution in [3.63, 3.8) is 0 Å². The van der Waals surface area contributed by atoms with Gasteiger partial charge in [0, 0.05) is 6.92 Å². The lowest BCUT2D eigenvalue weighted by molar-refractivity contribution is -0.238. The molecule has 1 fully saturated rings. The highest BCUT2D eigenvalue weighted by Crippen LogP contribution is 2.44. The van der Waals surface area contributed by atoms with Gasteiger partial charge in [-0.1, -0.05) is 20.8 Å². The van der Waals surface area contributed by atoms with E-state index in [1.54, 1.807) is 0 Å². The van der Waals surface area contributed by atoms with Crippen LogP contribution in [-0.4, -0.2) is 38.1 Å². The maximum absolute atomic E-state index is 12.2. The van der Waals surface area contributed by atoms with Gasteiger partial charge in [0.25, 0.3) is 5.91 Å². The van der Waals surface area contributed by atoms with Gasteiger partial charge in [0.2, 0.25) is 0 Å². The summed E-state index contributed by atoms with van der Waals surface area (Å²) in [7, 11) is -1.29. The predicted octanol–water partition coefficient (Wildman–Crippen LogP) is 1.73. The lowest BCUT2D eigenvalue weighted by Crippen LogP contribution is -2.66. The topological polar surface area (TPSA) is 55.8 Å². The number of amides is 1. The van der Waals surface area contributed by atoms with E-state index in [0.717, 1.165) is 5.06 Å². The Kier molecular flexibility index (Phi) is 4.46.